The van der Waals surface area contributed by atoms with E-state index >= 15 is 0 Å². The van der Waals surface area contributed by atoms with Gasteiger partial charge < -0.3 is 28.5 Å². The van der Waals surface area contributed by atoms with Crippen LogP contribution in [0.3, 0.4) is 0 Å². The van der Waals surface area contributed by atoms with Crippen molar-refractivity contribution in [3.63, 3.8) is 0 Å². The molecule has 0 aromatic carbocycles. The molecule has 0 aliphatic heterocycles. The van der Waals surface area contributed by atoms with Gasteiger partial charge in [-0.1, -0.05) is 311 Å². The van der Waals surface area contributed by atoms with E-state index in [1.165, 1.54) is 180 Å². The first-order valence-electron chi connectivity index (χ1n) is 37.0. The third-order valence-corrected chi connectivity index (χ3v) is 17.2. The summed E-state index contributed by atoms with van der Waals surface area (Å²) in [5, 5.41) is 3.04. The van der Waals surface area contributed by atoms with Gasteiger partial charge in [0.05, 0.1) is 33.8 Å². The van der Waals surface area contributed by atoms with Gasteiger partial charge in [0.25, 0.3) is 7.82 Å². The summed E-state index contributed by atoms with van der Waals surface area (Å²) < 4.78 is 30.5. The van der Waals surface area contributed by atoms with Crippen molar-refractivity contribution < 1.29 is 37.3 Å². The number of allylic oxidation sites excluding steroid dienone is 15. The number of phosphoric acid groups is 1. The van der Waals surface area contributed by atoms with Crippen molar-refractivity contribution in [2.45, 2.75) is 348 Å². The maximum Gasteiger partial charge on any atom is 0.306 e. The summed E-state index contributed by atoms with van der Waals surface area (Å²) in [5.74, 6) is -0.551. The molecule has 0 heterocycles. The lowest BCUT2D eigenvalue weighted by molar-refractivity contribution is -0.870. The molecule has 1 amide bonds. The largest absolute Gasteiger partial charge is 0.756 e. The first-order valence-corrected chi connectivity index (χ1v) is 38.5. The van der Waals surface area contributed by atoms with Gasteiger partial charge in [-0.3, -0.25) is 14.2 Å². The Morgan fingerprint density at radius 3 is 1.10 bits per heavy atom. The van der Waals surface area contributed by atoms with Gasteiger partial charge in [-0.15, -0.1) is 0 Å². The number of ether oxygens (including phenoxy) is 1. The zero-order chi connectivity index (χ0) is 64.2. The zero-order valence-electron chi connectivity index (χ0n) is 58.4. The SMILES string of the molecule is CC/C=C\C/C=C\C/C=C\C/C=C\C/C=C\C/C=C\CCCCCCCCC(=O)OC(/C=C/CCCCCCCCCCCC)C(COP(=O)([O-])OCC[N+](C)(C)C)NC(=O)CCCCCCCCCCCCCCCCC/C=C/CCCCCCCC. The van der Waals surface area contributed by atoms with E-state index in [1.54, 1.807) is 0 Å². The molecule has 0 radical (unpaired) electrons. The van der Waals surface area contributed by atoms with E-state index in [9.17, 15) is 19.0 Å². The Labute approximate surface area is 545 Å². The number of nitrogens with one attached hydrogen (secondary N) is 1. The fourth-order valence-electron chi connectivity index (χ4n) is 10.6. The Hall–Kier alpha value is -3.07. The Bertz CT molecular complexity index is 1830. The average Bonchev–Trinajstić information content (AvgIpc) is 3.52. The van der Waals surface area contributed by atoms with Crippen LogP contribution < -0.4 is 10.2 Å². The predicted molar refractivity (Wildman–Crippen MR) is 381 cm³/mol. The maximum atomic E-state index is 13.6. The van der Waals surface area contributed by atoms with Gasteiger partial charge >= 0.3 is 5.97 Å². The molecule has 0 fully saturated rings. The van der Waals surface area contributed by atoms with Crippen LogP contribution in [-0.4, -0.2) is 69.4 Å². The van der Waals surface area contributed by atoms with E-state index in [-0.39, 0.29) is 24.9 Å². The lowest BCUT2D eigenvalue weighted by Crippen LogP contribution is -2.47. The molecule has 88 heavy (non-hydrogen) atoms. The van der Waals surface area contributed by atoms with Gasteiger partial charge in [0.1, 0.15) is 19.3 Å². The van der Waals surface area contributed by atoms with Crippen molar-refractivity contribution in [2.24, 2.45) is 0 Å². The van der Waals surface area contributed by atoms with Crippen molar-refractivity contribution in [3.8, 4) is 0 Å². The van der Waals surface area contributed by atoms with Crippen LogP contribution >= 0.6 is 7.82 Å². The Kier molecular flexibility index (Phi) is 64.5. The van der Waals surface area contributed by atoms with Crippen LogP contribution in [0, 0.1) is 0 Å². The zero-order valence-corrected chi connectivity index (χ0v) is 59.3. The molecule has 3 atom stereocenters. The number of likely N-dealkylation sites (N-methyl/N-ethyl adjacent to an activating group) is 1. The van der Waals surface area contributed by atoms with E-state index in [0.717, 1.165) is 116 Å². The molecule has 0 spiro atoms. The van der Waals surface area contributed by atoms with Gasteiger partial charge in [0.2, 0.25) is 5.91 Å². The lowest BCUT2D eigenvalue weighted by atomic mass is 10.0. The van der Waals surface area contributed by atoms with Crippen LogP contribution in [0.4, 0.5) is 0 Å². The van der Waals surface area contributed by atoms with Crippen molar-refractivity contribution in [1.82, 2.24) is 5.32 Å². The van der Waals surface area contributed by atoms with Crippen LogP contribution in [0.2, 0.25) is 0 Å². The minimum Gasteiger partial charge on any atom is -0.756 e. The molecule has 0 aromatic rings. The molecule has 0 aromatic heterocycles. The van der Waals surface area contributed by atoms with E-state index in [1.807, 2.05) is 33.3 Å². The minimum absolute atomic E-state index is 0.0277. The van der Waals surface area contributed by atoms with E-state index in [0.29, 0.717) is 23.9 Å². The number of quaternary nitrogens is 1. The highest BCUT2D eigenvalue weighted by Crippen LogP contribution is 2.38. The number of rotatable bonds is 67. The summed E-state index contributed by atoms with van der Waals surface area (Å²) in [7, 11) is 1.18. The molecule has 510 valence electrons. The molecular weight excluding hydrogens is 1110 g/mol. The Balaban J connectivity index is 5.05. The highest BCUT2D eigenvalue weighted by atomic mass is 31.2. The van der Waals surface area contributed by atoms with Gasteiger partial charge in [0, 0.05) is 12.8 Å². The number of carbonyl (C=O) groups excluding carboxylic acids is 2. The molecule has 10 heteroatoms. The van der Waals surface area contributed by atoms with Crippen LogP contribution in [0.5, 0.6) is 0 Å². The summed E-state index contributed by atoms with van der Waals surface area (Å²) in [6, 6.07) is -0.900. The first kappa shape index (κ1) is 84.9. The molecule has 0 aliphatic carbocycles. The monoisotopic (exact) mass is 1250 g/mol. The summed E-state index contributed by atoms with van der Waals surface area (Å²) in [6.45, 7) is 6.75. The number of esters is 1. The summed E-state index contributed by atoms with van der Waals surface area (Å²) in [5.41, 5.74) is 0. The van der Waals surface area contributed by atoms with E-state index < -0.39 is 26.6 Å². The van der Waals surface area contributed by atoms with Gasteiger partial charge in [-0.2, -0.15) is 0 Å². The van der Waals surface area contributed by atoms with Crippen LogP contribution in [0.1, 0.15) is 335 Å². The molecule has 0 aliphatic rings. The number of hydrogen-bond acceptors (Lipinski definition) is 7. The molecule has 0 rings (SSSR count). The van der Waals surface area contributed by atoms with Crippen molar-refractivity contribution >= 4 is 19.7 Å². The third-order valence-electron chi connectivity index (χ3n) is 16.2. The van der Waals surface area contributed by atoms with E-state index in [4.69, 9.17) is 13.8 Å². The smallest absolute Gasteiger partial charge is 0.306 e. The highest BCUT2D eigenvalue weighted by molar-refractivity contribution is 7.45. The average molecular weight is 1250 g/mol. The Morgan fingerprint density at radius 1 is 0.409 bits per heavy atom. The topological polar surface area (TPSA) is 114 Å². The van der Waals surface area contributed by atoms with Gasteiger partial charge in [-0.25, -0.2) is 0 Å². The van der Waals surface area contributed by atoms with Gasteiger partial charge in [-0.05, 0) is 109 Å². The molecule has 1 N–H and O–H groups in total. The number of unbranched alkanes of at least 4 members (excludes halogenated alkanes) is 37. The second-order valence-corrected chi connectivity index (χ2v) is 27.5. The Morgan fingerprint density at radius 2 is 0.727 bits per heavy atom. The molecular formula is C78H141N2O7P. The molecule has 3 unspecified atom stereocenters. The minimum atomic E-state index is -4.71. The second kappa shape index (κ2) is 66.8. The first-order chi connectivity index (χ1) is 42.9. The summed E-state index contributed by atoms with van der Waals surface area (Å²) >= 11 is 0. The lowest BCUT2D eigenvalue weighted by Gasteiger charge is -2.30. The van der Waals surface area contributed by atoms with Crippen LogP contribution in [-0.2, 0) is 27.9 Å². The number of phosphoric ester groups is 1. The van der Waals surface area contributed by atoms with Crippen molar-refractivity contribution in [1.29, 1.82) is 0 Å². The second-order valence-electron chi connectivity index (χ2n) is 26.1. The van der Waals surface area contributed by atoms with Crippen molar-refractivity contribution in [3.05, 3.63) is 97.2 Å². The summed E-state index contributed by atoms with van der Waals surface area (Å²) in [6.07, 6.45) is 91.1. The number of hydrogen-bond donors (Lipinski definition) is 1. The number of nitrogens with zero attached hydrogens (tertiary/aromatic N) is 1. The normalized spacial score (nSPS) is 14.0. The van der Waals surface area contributed by atoms with E-state index in [2.05, 4.69) is 111 Å². The molecule has 0 saturated carbocycles. The molecule has 0 bridgehead atoms. The van der Waals surface area contributed by atoms with Crippen LogP contribution in [0.25, 0.3) is 0 Å². The van der Waals surface area contributed by atoms with Crippen molar-refractivity contribution in [2.75, 3.05) is 40.9 Å². The maximum absolute atomic E-state index is 13.6. The predicted octanol–water partition coefficient (Wildman–Crippen LogP) is 23.2. The summed E-state index contributed by atoms with van der Waals surface area (Å²) in [4.78, 5) is 40.2. The fourth-order valence-corrected chi connectivity index (χ4v) is 11.3. The van der Waals surface area contributed by atoms with Crippen LogP contribution in [0.15, 0.2) is 97.2 Å². The highest BCUT2D eigenvalue weighted by Gasteiger charge is 2.27. The standard InChI is InChI=1S/C78H141N2O7P/c1-7-10-13-16-19-22-25-28-30-32-34-36-38-40-42-44-46-48-50-52-55-58-61-64-67-70-77(81)79-75(74-86-88(83,84)85-73-72-80(4,5)6)76(69-66-63-60-57-54-27-24-21-18-15-12-9-3)87-78(82)71-68-65-62-59-56-53-51-49-47-45-43-41-39-37-35-33-31-29-26-23-20-17-14-11-8-2/h11,14,20,23,28-31,35,37,41,43,47,49,66,69,75-76H,7-10,12-13,15-19,21-22,24-27,32-34,36,38-40,42,44-46,48,50-65,67-68,70-74H2,1-6H3,(H-,79,81,83,84)/b14-11-,23-20-,30-28+,31-29-,37-35-,43-41-,49-47-,69-66+. The van der Waals surface area contributed by atoms with Gasteiger partial charge in [0.15, 0.2) is 0 Å². The number of carbonyl (C=O) groups is 2. The molecule has 9 nitrogen and oxygen atoms in total. The fraction of sp³-hybridized carbons (Fsp3) is 0.769. The third kappa shape index (κ3) is 67.3. The number of amides is 1. The quantitative estimate of drug-likeness (QED) is 0.0212. The molecule has 0 saturated heterocycles.